The molecule has 2 unspecified atom stereocenters. The number of nitrogens with zero attached hydrogens (tertiary/aromatic N) is 1. The Morgan fingerprint density at radius 1 is 1.02 bits per heavy atom. The Bertz CT molecular complexity index is 1610. The molecule has 1 heterocycles. The molecule has 48 heavy (non-hydrogen) atoms. The quantitative estimate of drug-likeness (QED) is 0.246. The zero-order chi connectivity index (χ0) is 35.6. The highest BCUT2D eigenvalue weighted by Crippen LogP contribution is 2.65. The highest BCUT2D eigenvalue weighted by Gasteiger charge is 2.71. The number of urea groups is 1. The van der Waals surface area contributed by atoms with Gasteiger partial charge in [0.05, 0.1) is 10.9 Å². The molecular weight excluding hydrogens is 634 g/mol. The molecule has 5 amide bonds. The van der Waals surface area contributed by atoms with E-state index in [0.717, 1.165) is 12.8 Å². The number of fused-ring (bicyclic) bond motifs is 1. The van der Waals surface area contributed by atoms with Crippen molar-refractivity contribution in [3.63, 3.8) is 0 Å². The van der Waals surface area contributed by atoms with Gasteiger partial charge in [0.25, 0.3) is 15.9 Å². The van der Waals surface area contributed by atoms with Crippen molar-refractivity contribution in [3.05, 3.63) is 43.0 Å². The minimum absolute atomic E-state index is 0.00942. The number of rotatable bonds is 12. The van der Waals surface area contributed by atoms with Crippen molar-refractivity contribution in [1.82, 2.24) is 25.6 Å². The van der Waals surface area contributed by atoms with Gasteiger partial charge in [-0.25, -0.2) is 17.9 Å². The topological polar surface area (TPSA) is 171 Å². The Kier molecular flexibility index (Phi) is 9.11. The number of amides is 5. The monoisotopic (exact) mass is 683 g/mol. The molecule has 5 rings (SSSR count). The van der Waals surface area contributed by atoms with Gasteiger partial charge in [0.1, 0.15) is 17.6 Å². The fourth-order valence-corrected chi connectivity index (χ4v) is 8.39. The number of nitrogens with one attached hydrogen (secondary N) is 4. The number of hydrogen-bond acceptors (Lipinski definition) is 7. The van der Waals surface area contributed by atoms with Crippen molar-refractivity contribution in [2.75, 3.05) is 6.54 Å². The van der Waals surface area contributed by atoms with Gasteiger partial charge in [-0.2, -0.15) is 0 Å². The molecule has 3 aliphatic carbocycles. The average molecular weight is 684 g/mol. The summed E-state index contributed by atoms with van der Waals surface area (Å²) in [5.41, 5.74) is -2.56. The van der Waals surface area contributed by atoms with Gasteiger partial charge >= 0.3 is 6.03 Å². The van der Waals surface area contributed by atoms with Crippen LogP contribution in [0.4, 0.5) is 4.79 Å². The van der Waals surface area contributed by atoms with E-state index in [2.05, 4.69) is 27.3 Å². The summed E-state index contributed by atoms with van der Waals surface area (Å²) in [7, 11) is -4.21. The lowest BCUT2D eigenvalue weighted by Crippen LogP contribution is -2.63. The normalized spacial score (nSPS) is 28.4. The van der Waals surface area contributed by atoms with Crippen LogP contribution in [0.15, 0.2) is 47.9 Å². The molecule has 262 valence electrons. The summed E-state index contributed by atoms with van der Waals surface area (Å²) in [4.78, 5) is 69.6. The van der Waals surface area contributed by atoms with Crippen LogP contribution < -0.4 is 20.7 Å². The SMILES string of the molecule is C=CC1C[C@]1(NC(=O)[C@@H]1[C@@H]2C(CN1C(=O)[C@@H](NC(=O)N[C@H](C(=O)C1CC1)C(C)C)C(C)(C)C)C2(C)C)C(=O)NS(=O)(=O)c1ccccc1. The lowest BCUT2D eigenvalue weighted by atomic mass is 9.85. The summed E-state index contributed by atoms with van der Waals surface area (Å²) in [6.45, 7) is 17.3. The van der Waals surface area contributed by atoms with Crippen molar-refractivity contribution >= 4 is 39.6 Å². The van der Waals surface area contributed by atoms with Crippen molar-refractivity contribution in [2.24, 2.45) is 40.4 Å². The van der Waals surface area contributed by atoms with Crippen LogP contribution in [0.2, 0.25) is 0 Å². The van der Waals surface area contributed by atoms with Crippen LogP contribution in [0.25, 0.3) is 0 Å². The van der Waals surface area contributed by atoms with E-state index in [1.165, 1.54) is 23.1 Å². The van der Waals surface area contributed by atoms with Crippen LogP contribution in [0.1, 0.15) is 67.7 Å². The number of hydrogen-bond donors (Lipinski definition) is 4. The lowest BCUT2D eigenvalue weighted by molar-refractivity contribution is -0.144. The molecule has 3 saturated carbocycles. The second-order valence-corrected chi connectivity index (χ2v) is 17.6. The summed E-state index contributed by atoms with van der Waals surface area (Å²) >= 11 is 0. The minimum Gasteiger partial charge on any atom is -0.339 e. The molecule has 7 atom stereocenters. The second-order valence-electron chi connectivity index (χ2n) is 16.0. The largest absolute Gasteiger partial charge is 0.339 e. The number of Topliss-reactive ketones (excluding diaryl/α,β-unsaturated/α-hetero) is 1. The van der Waals surface area contributed by atoms with E-state index in [1.54, 1.807) is 18.2 Å². The van der Waals surface area contributed by atoms with E-state index < -0.39 is 68.8 Å². The number of likely N-dealkylation sites (tertiary alicyclic amines) is 1. The van der Waals surface area contributed by atoms with Gasteiger partial charge < -0.3 is 20.9 Å². The molecule has 4 fully saturated rings. The highest BCUT2D eigenvalue weighted by molar-refractivity contribution is 7.90. The van der Waals surface area contributed by atoms with Crippen LogP contribution in [-0.4, -0.2) is 73.1 Å². The fourth-order valence-electron chi connectivity index (χ4n) is 7.33. The molecule has 1 aromatic carbocycles. The van der Waals surface area contributed by atoms with Crippen LogP contribution in [-0.2, 0) is 29.2 Å². The van der Waals surface area contributed by atoms with Gasteiger partial charge in [0, 0.05) is 18.4 Å². The lowest BCUT2D eigenvalue weighted by Gasteiger charge is -2.38. The second kappa shape index (κ2) is 12.3. The summed E-state index contributed by atoms with van der Waals surface area (Å²) in [5, 5.41) is 8.43. The fraction of sp³-hybridized carbons (Fsp3) is 0.629. The molecule has 1 aromatic rings. The van der Waals surface area contributed by atoms with E-state index >= 15 is 0 Å². The van der Waals surface area contributed by atoms with Gasteiger partial charge in [-0.3, -0.25) is 19.2 Å². The average Bonchev–Trinajstić information content (AvgIpc) is 3.96. The molecule has 4 aliphatic rings. The van der Waals surface area contributed by atoms with Gasteiger partial charge in [-0.1, -0.05) is 72.7 Å². The highest BCUT2D eigenvalue weighted by atomic mass is 32.2. The zero-order valence-corrected chi connectivity index (χ0v) is 29.6. The summed E-state index contributed by atoms with van der Waals surface area (Å²) in [6.07, 6.45) is 3.28. The van der Waals surface area contributed by atoms with Crippen LogP contribution in [0, 0.1) is 40.4 Å². The smallest absolute Gasteiger partial charge is 0.316 e. The summed E-state index contributed by atoms with van der Waals surface area (Å²) in [6, 6.07) is 4.16. The first-order valence-electron chi connectivity index (χ1n) is 16.7. The van der Waals surface area contributed by atoms with Crippen molar-refractivity contribution in [3.8, 4) is 0 Å². The third kappa shape index (κ3) is 6.62. The predicted octanol–water partition coefficient (Wildman–Crippen LogP) is 2.75. The third-order valence-electron chi connectivity index (χ3n) is 10.7. The maximum absolute atomic E-state index is 14.3. The van der Waals surface area contributed by atoms with Crippen molar-refractivity contribution < 1.29 is 32.4 Å². The first-order chi connectivity index (χ1) is 22.3. The minimum atomic E-state index is -4.21. The maximum Gasteiger partial charge on any atom is 0.316 e. The number of benzene rings is 1. The molecule has 0 spiro atoms. The molecule has 0 radical (unpaired) electrons. The Morgan fingerprint density at radius 3 is 2.17 bits per heavy atom. The van der Waals surface area contributed by atoms with Gasteiger partial charge in [-0.15, -0.1) is 6.58 Å². The van der Waals surface area contributed by atoms with Crippen molar-refractivity contribution in [1.29, 1.82) is 0 Å². The van der Waals surface area contributed by atoms with Crippen LogP contribution in [0.3, 0.4) is 0 Å². The van der Waals surface area contributed by atoms with Gasteiger partial charge in [0.15, 0.2) is 5.78 Å². The first-order valence-corrected chi connectivity index (χ1v) is 18.2. The van der Waals surface area contributed by atoms with E-state index in [0.29, 0.717) is 0 Å². The van der Waals surface area contributed by atoms with E-state index in [1.807, 2.05) is 48.5 Å². The van der Waals surface area contributed by atoms with E-state index in [-0.39, 0.29) is 52.7 Å². The first kappa shape index (κ1) is 35.6. The number of piperidine rings is 1. The zero-order valence-electron chi connectivity index (χ0n) is 28.8. The Balaban J connectivity index is 1.35. The van der Waals surface area contributed by atoms with Gasteiger partial charge in [0.2, 0.25) is 11.8 Å². The molecule has 13 heteroatoms. The molecule has 0 bridgehead atoms. The van der Waals surface area contributed by atoms with Crippen molar-refractivity contribution in [2.45, 2.75) is 96.3 Å². The standard InChI is InChI=1S/C35H49N5O7S/c1-9-21-17-35(21,31(44)39-48(46,47)22-13-11-10-12-14-22)38-29(42)26-24-23(34(24,7)8)18-40(26)30(43)28(33(4,5)6)37-32(45)36-25(19(2)3)27(41)20-15-16-20/h9-14,19-21,23-26,28H,1,15-18H2,2-8H3,(H,38,42)(H,39,44)(H2,36,37,45)/t21?,23?,24-,25-,26-,28+,35+/m0/s1. The number of ketones is 1. The third-order valence-corrected chi connectivity index (χ3v) is 12.1. The van der Waals surface area contributed by atoms with Gasteiger partial charge in [-0.05, 0) is 60.0 Å². The van der Waals surface area contributed by atoms with Crippen LogP contribution in [0.5, 0.6) is 0 Å². The Morgan fingerprint density at radius 2 is 1.65 bits per heavy atom. The molecule has 12 nitrogen and oxygen atoms in total. The molecule has 0 aromatic heterocycles. The Labute approximate surface area is 283 Å². The van der Waals surface area contributed by atoms with E-state index in [4.69, 9.17) is 0 Å². The van der Waals surface area contributed by atoms with Crippen LogP contribution >= 0.6 is 0 Å². The number of sulfonamides is 1. The molecule has 1 aliphatic heterocycles. The molecular formula is C35H49N5O7S. The predicted molar refractivity (Wildman–Crippen MR) is 178 cm³/mol. The summed E-state index contributed by atoms with van der Waals surface area (Å²) in [5.74, 6) is -2.78. The molecule has 1 saturated heterocycles. The Hall–Kier alpha value is -3.74. The summed E-state index contributed by atoms with van der Waals surface area (Å²) < 4.78 is 28.1. The molecule has 4 N–H and O–H groups in total. The van der Waals surface area contributed by atoms with E-state index in [9.17, 15) is 32.4 Å². The number of carbonyl (C=O) groups excluding carboxylic acids is 5. The number of carbonyl (C=O) groups is 5. The maximum atomic E-state index is 14.3.